The van der Waals surface area contributed by atoms with E-state index >= 15 is 0 Å². The van der Waals surface area contributed by atoms with Crippen LogP contribution in [-0.2, 0) is 20.0 Å². The van der Waals surface area contributed by atoms with Gasteiger partial charge in [-0.3, -0.25) is 0 Å². The minimum atomic E-state index is -3.85. The van der Waals surface area contributed by atoms with Crippen molar-refractivity contribution in [1.82, 2.24) is 4.72 Å². The van der Waals surface area contributed by atoms with Crippen LogP contribution in [0.5, 0.6) is 0 Å². The van der Waals surface area contributed by atoms with E-state index in [-0.39, 0.29) is 22.4 Å². The van der Waals surface area contributed by atoms with Crippen LogP contribution in [0.2, 0.25) is 0 Å². The summed E-state index contributed by atoms with van der Waals surface area (Å²) in [5, 5.41) is 5.03. The molecule has 26 heavy (non-hydrogen) atoms. The molecule has 3 N–H and O–H groups in total. The molecule has 1 fully saturated rings. The number of nitrogens with zero attached hydrogens (tertiary/aromatic N) is 1. The normalized spacial score (nSPS) is 18.2. The molecule has 2 aromatic rings. The van der Waals surface area contributed by atoms with Gasteiger partial charge in [-0.05, 0) is 49.2 Å². The SMILES string of the molecule is NS(=O)(=O)c1ccc(S(=O)(=O)NCC2CCCN2c2ccccc2)cc1. The Labute approximate surface area is 153 Å². The predicted molar refractivity (Wildman–Crippen MR) is 99.8 cm³/mol. The highest BCUT2D eigenvalue weighted by molar-refractivity contribution is 7.89. The van der Waals surface area contributed by atoms with Crippen molar-refractivity contribution in [2.45, 2.75) is 28.7 Å². The van der Waals surface area contributed by atoms with Gasteiger partial charge in [-0.2, -0.15) is 0 Å². The Morgan fingerprint density at radius 2 is 1.58 bits per heavy atom. The zero-order valence-electron chi connectivity index (χ0n) is 14.1. The van der Waals surface area contributed by atoms with Crippen molar-refractivity contribution >= 4 is 25.7 Å². The third-order valence-electron chi connectivity index (χ3n) is 4.44. The first kappa shape index (κ1) is 18.8. The van der Waals surface area contributed by atoms with Gasteiger partial charge in [-0.15, -0.1) is 0 Å². The van der Waals surface area contributed by atoms with Crippen LogP contribution in [0, 0.1) is 0 Å². The summed E-state index contributed by atoms with van der Waals surface area (Å²) in [5.41, 5.74) is 1.08. The Morgan fingerprint density at radius 1 is 0.962 bits per heavy atom. The number of nitrogens with one attached hydrogen (secondary N) is 1. The second-order valence-electron chi connectivity index (χ2n) is 6.19. The van der Waals surface area contributed by atoms with Gasteiger partial charge in [-0.25, -0.2) is 26.7 Å². The number of para-hydroxylation sites is 1. The lowest BCUT2D eigenvalue weighted by molar-refractivity contribution is 0.566. The molecule has 0 radical (unpaired) electrons. The summed E-state index contributed by atoms with van der Waals surface area (Å²) in [5.74, 6) is 0. The standard InChI is InChI=1S/C17H21N3O4S2/c18-25(21,22)16-8-10-17(11-9-16)26(23,24)19-13-15-7-4-12-20(15)14-5-2-1-3-6-14/h1-3,5-6,8-11,15,19H,4,7,12-13H2,(H2,18,21,22). The molecule has 0 spiro atoms. The zero-order valence-corrected chi connectivity index (χ0v) is 15.7. The summed E-state index contributed by atoms with van der Waals surface area (Å²) in [7, 11) is -7.58. The van der Waals surface area contributed by atoms with Crippen LogP contribution in [0.1, 0.15) is 12.8 Å². The summed E-state index contributed by atoms with van der Waals surface area (Å²) in [6.07, 6.45) is 1.91. The number of hydrogen-bond donors (Lipinski definition) is 2. The molecule has 7 nitrogen and oxygen atoms in total. The van der Waals surface area contributed by atoms with E-state index in [2.05, 4.69) is 9.62 Å². The Kier molecular flexibility index (Phi) is 5.33. The van der Waals surface area contributed by atoms with E-state index in [0.717, 1.165) is 25.1 Å². The molecule has 1 saturated heterocycles. The van der Waals surface area contributed by atoms with Crippen LogP contribution in [0.15, 0.2) is 64.4 Å². The number of rotatable bonds is 6. The minimum Gasteiger partial charge on any atom is -0.367 e. The van der Waals surface area contributed by atoms with Crippen molar-refractivity contribution in [3.8, 4) is 0 Å². The number of anilines is 1. The van der Waals surface area contributed by atoms with Gasteiger partial charge in [0.1, 0.15) is 0 Å². The van der Waals surface area contributed by atoms with E-state index in [1.165, 1.54) is 24.3 Å². The number of hydrogen-bond acceptors (Lipinski definition) is 5. The molecule has 1 aliphatic heterocycles. The van der Waals surface area contributed by atoms with Crippen molar-refractivity contribution in [1.29, 1.82) is 0 Å². The fourth-order valence-electron chi connectivity index (χ4n) is 3.11. The first-order valence-electron chi connectivity index (χ1n) is 8.21. The zero-order chi connectivity index (χ0) is 18.8. The molecule has 2 aromatic carbocycles. The number of sulfonamides is 2. The van der Waals surface area contributed by atoms with Crippen molar-refractivity contribution in [3.63, 3.8) is 0 Å². The van der Waals surface area contributed by atoms with Gasteiger partial charge in [0.2, 0.25) is 20.0 Å². The van der Waals surface area contributed by atoms with Gasteiger partial charge >= 0.3 is 0 Å². The smallest absolute Gasteiger partial charge is 0.240 e. The Morgan fingerprint density at radius 3 is 2.19 bits per heavy atom. The quantitative estimate of drug-likeness (QED) is 0.766. The van der Waals surface area contributed by atoms with E-state index in [4.69, 9.17) is 5.14 Å². The lowest BCUT2D eigenvalue weighted by Crippen LogP contribution is -2.40. The summed E-state index contributed by atoms with van der Waals surface area (Å²) in [6, 6.07) is 14.8. The summed E-state index contributed by atoms with van der Waals surface area (Å²) >= 11 is 0. The molecule has 3 rings (SSSR count). The number of nitrogens with two attached hydrogens (primary N) is 1. The summed E-state index contributed by atoms with van der Waals surface area (Å²) < 4.78 is 50.1. The van der Waals surface area contributed by atoms with Gasteiger partial charge < -0.3 is 4.90 Å². The maximum atomic E-state index is 12.5. The monoisotopic (exact) mass is 395 g/mol. The Balaban J connectivity index is 1.70. The average Bonchev–Trinajstić information content (AvgIpc) is 3.09. The van der Waals surface area contributed by atoms with Gasteiger partial charge in [0.15, 0.2) is 0 Å². The van der Waals surface area contributed by atoms with Gasteiger partial charge in [0, 0.05) is 24.8 Å². The van der Waals surface area contributed by atoms with Crippen molar-refractivity contribution < 1.29 is 16.8 Å². The molecular formula is C17H21N3O4S2. The Hall–Kier alpha value is -1.94. The topological polar surface area (TPSA) is 110 Å². The first-order valence-corrected chi connectivity index (χ1v) is 11.2. The molecule has 1 aliphatic rings. The highest BCUT2D eigenvalue weighted by atomic mass is 32.2. The van der Waals surface area contributed by atoms with Crippen molar-refractivity contribution in [3.05, 3.63) is 54.6 Å². The van der Waals surface area contributed by atoms with Crippen molar-refractivity contribution in [2.75, 3.05) is 18.0 Å². The average molecular weight is 396 g/mol. The summed E-state index contributed by atoms with van der Waals surface area (Å²) in [4.78, 5) is 2.09. The predicted octanol–water partition coefficient (Wildman–Crippen LogP) is 1.28. The second-order valence-corrected chi connectivity index (χ2v) is 9.52. The largest absolute Gasteiger partial charge is 0.367 e. The fraction of sp³-hybridized carbons (Fsp3) is 0.294. The number of primary sulfonamides is 1. The molecule has 0 aromatic heterocycles. The summed E-state index contributed by atoms with van der Waals surface area (Å²) in [6.45, 7) is 1.17. The minimum absolute atomic E-state index is 0.00848. The lowest BCUT2D eigenvalue weighted by Gasteiger charge is -2.27. The molecule has 0 saturated carbocycles. The molecule has 0 bridgehead atoms. The van der Waals surface area contributed by atoms with Gasteiger partial charge in [-0.1, -0.05) is 18.2 Å². The maximum Gasteiger partial charge on any atom is 0.240 e. The van der Waals surface area contributed by atoms with Gasteiger partial charge in [0.25, 0.3) is 0 Å². The van der Waals surface area contributed by atoms with Crippen LogP contribution in [-0.4, -0.2) is 36.0 Å². The second kappa shape index (κ2) is 7.36. The van der Waals surface area contributed by atoms with Gasteiger partial charge in [0.05, 0.1) is 9.79 Å². The first-order chi connectivity index (χ1) is 12.3. The molecule has 1 unspecified atom stereocenters. The van der Waals surface area contributed by atoms with Crippen LogP contribution in [0.25, 0.3) is 0 Å². The third-order valence-corrected chi connectivity index (χ3v) is 6.81. The molecule has 140 valence electrons. The van der Waals surface area contributed by atoms with E-state index in [0.29, 0.717) is 0 Å². The molecule has 1 atom stereocenters. The lowest BCUT2D eigenvalue weighted by atomic mass is 10.2. The van der Waals surface area contributed by atoms with E-state index in [9.17, 15) is 16.8 Å². The fourth-order valence-corrected chi connectivity index (χ4v) is 4.69. The van der Waals surface area contributed by atoms with E-state index in [1.807, 2.05) is 30.3 Å². The Bertz CT molecular complexity index is 959. The van der Waals surface area contributed by atoms with Crippen LogP contribution in [0.3, 0.4) is 0 Å². The van der Waals surface area contributed by atoms with E-state index in [1.54, 1.807) is 0 Å². The molecule has 0 amide bonds. The number of benzene rings is 2. The van der Waals surface area contributed by atoms with Crippen molar-refractivity contribution in [2.24, 2.45) is 5.14 Å². The third kappa shape index (κ3) is 4.24. The highest BCUT2D eigenvalue weighted by Crippen LogP contribution is 2.25. The van der Waals surface area contributed by atoms with E-state index < -0.39 is 20.0 Å². The van der Waals surface area contributed by atoms with Crippen LogP contribution in [0.4, 0.5) is 5.69 Å². The molecule has 0 aliphatic carbocycles. The maximum absolute atomic E-state index is 12.5. The molecular weight excluding hydrogens is 374 g/mol. The molecule has 1 heterocycles. The molecule has 9 heteroatoms. The van der Waals surface area contributed by atoms with Crippen LogP contribution < -0.4 is 14.8 Å². The van der Waals surface area contributed by atoms with Crippen LogP contribution >= 0.6 is 0 Å². The highest BCUT2D eigenvalue weighted by Gasteiger charge is 2.26.